The Labute approximate surface area is 122 Å². The van der Waals surface area contributed by atoms with E-state index in [9.17, 15) is 5.11 Å². The average Bonchev–Trinajstić information content (AvgIpc) is 3.07. The zero-order valence-electron chi connectivity index (χ0n) is 12.4. The van der Waals surface area contributed by atoms with Gasteiger partial charge in [0.05, 0.1) is 12.1 Å². The molecule has 2 heterocycles. The van der Waals surface area contributed by atoms with Crippen molar-refractivity contribution in [1.29, 1.82) is 0 Å². The van der Waals surface area contributed by atoms with Gasteiger partial charge < -0.3 is 15.7 Å². The first-order chi connectivity index (χ1) is 10.2. The minimum atomic E-state index is -0.452. The highest BCUT2D eigenvalue weighted by Crippen LogP contribution is 2.20. The summed E-state index contributed by atoms with van der Waals surface area (Å²) in [5, 5.41) is 19.7. The maximum absolute atomic E-state index is 9.64. The summed E-state index contributed by atoms with van der Waals surface area (Å²) in [5.41, 5.74) is -0.452. The molecule has 0 aliphatic rings. The third kappa shape index (κ3) is 3.24. The van der Waals surface area contributed by atoms with Crippen LogP contribution in [0.15, 0.2) is 12.7 Å². The maximum atomic E-state index is 9.64. The number of nitrogens with zero attached hydrogens (tertiary/aromatic N) is 6. The predicted molar refractivity (Wildman–Crippen MR) is 78.3 cm³/mol. The summed E-state index contributed by atoms with van der Waals surface area (Å²) >= 11 is 0. The molecule has 0 unspecified atom stereocenters. The molecule has 0 spiro atoms. The fourth-order valence-corrected chi connectivity index (χ4v) is 1.87. The Morgan fingerprint density at radius 3 is 2.43 bits per heavy atom. The second-order valence-electron chi connectivity index (χ2n) is 4.64. The van der Waals surface area contributed by atoms with E-state index >= 15 is 0 Å². The number of aromatic nitrogens is 6. The van der Waals surface area contributed by atoms with E-state index in [1.54, 1.807) is 7.05 Å². The van der Waals surface area contributed by atoms with Gasteiger partial charge in [-0.05, 0) is 12.8 Å². The van der Waals surface area contributed by atoms with E-state index in [4.69, 9.17) is 0 Å². The van der Waals surface area contributed by atoms with E-state index in [0.717, 1.165) is 12.8 Å². The Morgan fingerprint density at radius 2 is 1.90 bits per heavy atom. The molecule has 0 fully saturated rings. The maximum Gasteiger partial charge on any atom is 0.258 e. The van der Waals surface area contributed by atoms with Crippen molar-refractivity contribution in [2.24, 2.45) is 0 Å². The summed E-state index contributed by atoms with van der Waals surface area (Å²) in [6.07, 6.45) is 4.42. The number of hydrogen-bond donors (Lipinski definition) is 3. The van der Waals surface area contributed by atoms with Crippen LogP contribution in [0.4, 0.5) is 11.9 Å². The van der Waals surface area contributed by atoms with Crippen LogP contribution in [0.2, 0.25) is 0 Å². The molecule has 9 heteroatoms. The lowest BCUT2D eigenvalue weighted by Gasteiger charge is -2.30. The molecule has 2 aromatic heterocycles. The van der Waals surface area contributed by atoms with E-state index < -0.39 is 5.54 Å². The van der Waals surface area contributed by atoms with Gasteiger partial charge in [0, 0.05) is 7.05 Å². The van der Waals surface area contributed by atoms with Gasteiger partial charge in [-0.25, -0.2) is 4.98 Å². The van der Waals surface area contributed by atoms with Gasteiger partial charge in [-0.1, -0.05) is 13.8 Å². The second kappa shape index (κ2) is 6.44. The summed E-state index contributed by atoms with van der Waals surface area (Å²) in [6, 6.07) is 0. The quantitative estimate of drug-likeness (QED) is 0.674. The van der Waals surface area contributed by atoms with Crippen molar-refractivity contribution >= 4 is 11.9 Å². The first kappa shape index (κ1) is 15.1. The molecule has 0 saturated heterocycles. The van der Waals surface area contributed by atoms with Crippen LogP contribution in [-0.4, -0.2) is 54.0 Å². The van der Waals surface area contributed by atoms with Crippen molar-refractivity contribution in [1.82, 2.24) is 29.7 Å². The molecule has 9 nitrogen and oxygen atoms in total. The minimum Gasteiger partial charge on any atom is -0.394 e. The Morgan fingerprint density at radius 1 is 1.19 bits per heavy atom. The van der Waals surface area contributed by atoms with Gasteiger partial charge in [0.2, 0.25) is 11.9 Å². The SMILES string of the molecule is CCC(CC)(CO)Nc1nc(NC)nc(-n2cncn2)n1. The molecule has 0 aliphatic heterocycles. The highest BCUT2D eigenvalue weighted by atomic mass is 16.3. The molecule has 2 rings (SSSR count). The van der Waals surface area contributed by atoms with Crippen LogP contribution in [0.25, 0.3) is 5.95 Å². The molecule has 2 aromatic rings. The summed E-state index contributed by atoms with van der Waals surface area (Å²) in [5.74, 6) is 1.16. The zero-order valence-corrected chi connectivity index (χ0v) is 12.4. The van der Waals surface area contributed by atoms with E-state index in [2.05, 4.69) is 35.7 Å². The number of anilines is 2. The summed E-state index contributed by atoms with van der Waals surface area (Å²) < 4.78 is 1.45. The monoisotopic (exact) mass is 292 g/mol. The summed E-state index contributed by atoms with van der Waals surface area (Å²) in [6.45, 7) is 4.01. The van der Waals surface area contributed by atoms with Crippen molar-refractivity contribution in [2.45, 2.75) is 32.2 Å². The topological polar surface area (TPSA) is 114 Å². The summed E-state index contributed by atoms with van der Waals surface area (Å²) in [4.78, 5) is 16.7. The Bertz CT molecular complexity index is 558. The largest absolute Gasteiger partial charge is 0.394 e. The van der Waals surface area contributed by atoms with Crippen LogP contribution in [-0.2, 0) is 0 Å². The third-order valence-corrected chi connectivity index (χ3v) is 3.50. The van der Waals surface area contributed by atoms with E-state index in [1.807, 2.05) is 13.8 Å². The lowest BCUT2D eigenvalue weighted by Crippen LogP contribution is -2.41. The molecule has 0 amide bonds. The van der Waals surface area contributed by atoms with Gasteiger partial charge >= 0.3 is 0 Å². The molecule has 0 aromatic carbocycles. The number of nitrogens with one attached hydrogen (secondary N) is 2. The molecule has 0 aliphatic carbocycles. The van der Waals surface area contributed by atoms with Crippen LogP contribution < -0.4 is 10.6 Å². The van der Waals surface area contributed by atoms with Gasteiger partial charge in [-0.2, -0.15) is 24.7 Å². The van der Waals surface area contributed by atoms with Crippen LogP contribution >= 0.6 is 0 Å². The van der Waals surface area contributed by atoms with Crippen molar-refractivity contribution in [3.05, 3.63) is 12.7 Å². The van der Waals surface area contributed by atoms with Crippen LogP contribution in [0.5, 0.6) is 0 Å². The highest BCUT2D eigenvalue weighted by Gasteiger charge is 2.26. The van der Waals surface area contributed by atoms with Crippen molar-refractivity contribution in [3.63, 3.8) is 0 Å². The summed E-state index contributed by atoms with van der Waals surface area (Å²) in [7, 11) is 1.73. The van der Waals surface area contributed by atoms with Crippen molar-refractivity contribution < 1.29 is 5.11 Å². The van der Waals surface area contributed by atoms with Crippen LogP contribution in [0.3, 0.4) is 0 Å². The van der Waals surface area contributed by atoms with Gasteiger partial charge in [-0.15, -0.1) is 0 Å². The second-order valence-corrected chi connectivity index (χ2v) is 4.64. The van der Waals surface area contributed by atoms with E-state index in [1.165, 1.54) is 17.3 Å². The van der Waals surface area contributed by atoms with Gasteiger partial charge in [0.15, 0.2) is 0 Å². The average molecular weight is 292 g/mol. The number of hydrogen-bond acceptors (Lipinski definition) is 8. The highest BCUT2D eigenvalue weighted by molar-refractivity contribution is 5.39. The fourth-order valence-electron chi connectivity index (χ4n) is 1.87. The predicted octanol–water partition coefficient (Wildman–Crippen LogP) is 0.457. The zero-order chi connectivity index (χ0) is 15.3. The number of rotatable bonds is 7. The molecule has 3 N–H and O–H groups in total. The third-order valence-electron chi connectivity index (χ3n) is 3.50. The number of aliphatic hydroxyl groups excluding tert-OH is 1. The van der Waals surface area contributed by atoms with Gasteiger partial charge in [0.1, 0.15) is 12.7 Å². The molecule has 0 radical (unpaired) electrons. The minimum absolute atomic E-state index is 0.000765. The lowest BCUT2D eigenvalue weighted by atomic mass is 9.94. The molecular weight excluding hydrogens is 272 g/mol. The van der Waals surface area contributed by atoms with Crippen LogP contribution in [0, 0.1) is 0 Å². The fraction of sp³-hybridized carbons (Fsp3) is 0.583. The molecule has 0 atom stereocenters. The van der Waals surface area contributed by atoms with Gasteiger partial charge in [0.25, 0.3) is 5.95 Å². The van der Waals surface area contributed by atoms with Gasteiger partial charge in [-0.3, -0.25) is 0 Å². The molecule has 0 bridgehead atoms. The molecule has 0 saturated carbocycles. The Kier molecular flexibility index (Phi) is 4.63. The first-order valence-corrected chi connectivity index (χ1v) is 6.84. The first-order valence-electron chi connectivity index (χ1n) is 6.84. The Balaban J connectivity index is 2.37. The normalized spacial score (nSPS) is 11.4. The Hall–Kier alpha value is -2.29. The lowest BCUT2D eigenvalue weighted by molar-refractivity contribution is 0.201. The number of aliphatic hydroxyl groups is 1. The van der Waals surface area contributed by atoms with E-state index in [-0.39, 0.29) is 6.61 Å². The van der Waals surface area contributed by atoms with Crippen molar-refractivity contribution in [2.75, 3.05) is 24.3 Å². The van der Waals surface area contributed by atoms with E-state index in [0.29, 0.717) is 17.8 Å². The van der Waals surface area contributed by atoms with Crippen molar-refractivity contribution in [3.8, 4) is 5.95 Å². The molecule has 114 valence electrons. The standard InChI is InChI=1S/C12H20N8O/c1-4-12(5-2,6-21)19-10-16-9(13-3)17-11(18-10)20-8-14-7-15-20/h7-8,21H,4-6H2,1-3H3,(H2,13,16,17,18,19). The molecular formula is C12H20N8O. The van der Waals surface area contributed by atoms with Crippen LogP contribution in [0.1, 0.15) is 26.7 Å². The smallest absolute Gasteiger partial charge is 0.258 e. The molecule has 21 heavy (non-hydrogen) atoms.